The smallest absolute Gasteiger partial charge is 0.262 e. The van der Waals surface area contributed by atoms with E-state index in [9.17, 15) is 9.59 Å². The lowest BCUT2D eigenvalue weighted by Crippen LogP contribution is -2.20. The lowest BCUT2D eigenvalue weighted by molar-refractivity contribution is -0.118. The number of methoxy groups -OCH3 is 2. The summed E-state index contributed by atoms with van der Waals surface area (Å²) in [6.45, 7) is -0.0748. The van der Waals surface area contributed by atoms with E-state index in [1.165, 1.54) is 7.11 Å². The van der Waals surface area contributed by atoms with Crippen molar-refractivity contribution in [2.75, 3.05) is 38.3 Å². The molecule has 0 spiro atoms. The van der Waals surface area contributed by atoms with Gasteiger partial charge >= 0.3 is 0 Å². The molecule has 1 heterocycles. The maximum atomic E-state index is 12.7. The highest BCUT2D eigenvalue weighted by atomic mass is 16.7. The number of anilines is 2. The van der Waals surface area contributed by atoms with Gasteiger partial charge in [0, 0.05) is 23.0 Å². The fraction of sp³-hybridized carbons (Fsp3) is 0.167. The molecule has 1 aliphatic heterocycles. The number of nitrogens with one attached hydrogen (secondary N) is 2. The van der Waals surface area contributed by atoms with Gasteiger partial charge in [0.1, 0.15) is 5.75 Å². The number of carbonyl (C=O) groups is 2. The molecule has 9 nitrogen and oxygen atoms in total. The Kier molecular flexibility index (Phi) is 6.49. The van der Waals surface area contributed by atoms with Crippen LogP contribution in [0.15, 0.2) is 60.7 Å². The number of fused-ring (bicyclic) bond motifs is 1. The Bertz CT molecular complexity index is 1160. The average molecular weight is 450 g/mol. The highest BCUT2D eigenvalue weighted by Gasteiger charge is 2.16. The highest BCUT2D eigenvalue weighted by molar-refractivity contribution is 6.04. The SMILES string of the molecule is COc1ccc(NC(=O)COc2ccc(C(=O)Nc3ccc4c(c3)OCO4)cc2OC)cc1. The summed E-state index contributed by atoms with van der Waals surface area (Å²) in [7, 11) is 3.03. The molecular weight excluding hydrogens is 428 g/mol. The van der Waals surface area contributed by atoms with Crippen molar-refractivity contribution in [1.29, 1.82) is 0 Å². The predicted octanol–water partition coefficient (Wildman–Crippen LogP) is 3.70. The number of hydrogen-bond donors (Lipinski definition) is 2. The number of ether oxygens (including phenoxy) is 5. The third-order valence-electron chi connectivity index (χ3n) is 4.79. The molecule has 3 aromatic carbocycles. The van der Waals surface area contributed by atoms with Crippen LogP contribution in [0.1, 0.15) is 10.4 Å². The average Bonchev–Trinajstić information content (AvgIpc) is 3.31. The first-order valence-corrected chi connectivity index (χ1v) is 10.0. The van der Waals surface area contributed by atoms with E-state index in [0.29, 0.717) is 45.7 Å². The van der Waals surface area contributed by atoms with Gasteiger partial charge in [0.25, 0.3) is 11.8 Å². The maximum Gasteiger partial charge on any atom is 0.262 e. The minimum atomic E-state index is -0.341. The van der Waals surface area contributed by atoms with Crippen LogP contribution >= 0.6 is 0 Å². The van der Waals surface area contributed by atoms with Crippen molar-refractivity contribution in [1.82, 2.24) is 0 Å². The number of amides is 2. The second kappa shape index (κ2) is 9.82. The zero-order valence-electron chi connectivity index (χ0n) is 18.0. The Hall–Kier alpha value is -4.40. The standard InChI is InChI=1S/C24H22N2O7/c1-29-18-7-4-16(5-8-18)25-23(27)13-31-19-9-3-15(11-21(19)30-2)24(28)26-17-6-10-20-22(12-17)33-14-32-20/h3-12H,13-14H2,1-2H3,(H,25,27)(H,26,28). The molecule has 0 radical (unpaired) electrons. The molecule has 0 saturated heterocycles. The van der Waals surface area contributed by atoms with E-state index in [1.807, 2.05) is 0 Å². The van der Waals surface area contributed by atoms with Gasteiger partial charge in [-0.1, -0.05) is 0 Å². The van der Waals surface area contributed by atoms with Crippen molar-refractivity contribution < 1.29 is 33.3 Å². The van der Waals surface area contributed by atoms with Gasteiger partial charge in [0.2, 0.25) is 6.79 Å². The largest absolute Gasteiger partial charge is 0.497 e. The Labute approximate surface area is 190 Å². The fourth-order valence-corrected chi connectivity index (χ4v) is 3.12. The highest BCUT2D eigenvalue weighted by Crippen LogP contribution is 2.34. The Morgan fingerprint density at radius 3 is 2.33 bits per heavy atom. The summed E-state index contributed by atoms with van der Waals surface area (Å²) in [6.07, 6.45) is 0. The third kappa shape index (κ3) is 5.27. The van der Waals surface area contributed by atoms with Crippen molar-refractivity contribution in [3.8, 4) is 28.7 Å². The van der Waals surface area contributed by atoms with Crippen LogP contribution < -0.4 is 34.3 Å². The van der Waals surface area contributed by atoms with E-state index in [1.54, 1.807) is 67.8 Å². The summed E-state index contributed by atoms with van der Waals surface area (Å²) in [5.41, 5.74) is 1.55. The predicted molar refractivity (Wildman–Crippen MR) is 121 cm³/mol. The summed E-state index contributed by atoms with van der Waals surface area (Å²) >= 11 is 0. The minimum Gasteiger partial charge on any atom is -0.497 e. The topological polar surface area (TPSA) is 104 Å². The van der Waals surface area contributed by atoms with Gasteiger partial charge in [-0.3, -0.25) is 9.59 Å². The molecule has 2 amide bonds. The van der Waals surface area contributed by atoms with Crippen molar-refractivity contribution >= 4 is 23.2 Å². The Morgan fingerprint density at radius 2 is 1.58 bits per heavy atom. The molecule has 1 aliphatic rings. The molecule has 0 unspecified atom stereocenters. The van der Waals surface area contributed by atoms with Crippen LogP contribution in [0.25, 0.3) is 0 Å². The van der Waals surface area contributed by atoms with E-state index in [-0.39, 0.29) is 25.2 Å². The van der Waals surface area contributed by atoms with Crippen LogP contribution in [0, 0.1) is 0 Å². The number of benzene rings is 3. The normalized spacial score (nSPS) is 11.5. The molecule has 170 valence electrons. The first-order chi connectivity index (χ1) is 16.1. The van der Waals surface area contributed by atoms with Crippen molar-refractivity contribution in [2.45, 2.75) is 0 Å². The second-order valence-electron chi connectivity index (χ2n) is 6.95. The van der Waals surface area contributed by atoms with E-state index in [4.69, 9.17) is 23.7 Å². The number of carbonyl (C=O) groups excluding carboxylic acids is 2. The van der Waals surface area contributed by atoms with E-state index in [0.717, 1.165) is 0 Å². The third-order valence-corrected chi connectivity index (χ3v) is 4.79. The minimum absolute atomic E-state index is 0.156. The monoisotopic (exact) mass is 450 g/mol. The first kappa shape index (κ1) is 21.8. The van der Waals surface area contributed by atoms with Gasteiger partial charge in [-0.05, 0) is 54.6 Å². The Morgan fingerprint density at radius 1 is 0.818 bits per heavy atom. The lowest BCUT2D eigenvalue weighted by atomic mass is 10.1. The van der Waals surface area contributed by atoms with Crippen LogP contribution in [0.4, 0.5) is 11.4 Å². The molecular formula is C24H22N2O7. The molecule has 0 aliphatic carbocycles. The van der Waals surface area contributed by atoms with Crippen LogP contribution in [0.5, 0.6) is 28.7 Å². The van der Waals surface area contributed by atoms with Crippen molar-refractivity contribution in [2.24, 2.45) is 0 Å². The van der Waals surface area contributed by atoms with Gasteiger partial charge in [-0.25, -0.2) is 0 Å². The van der Waals surface area contributed by atoms with Gasteiger partial charge in [0.05, 0.1) is 14.2 Å². The molecule has 0 bridgehead atoms. The zero-order valence-corrected chi connectivity index (χ0v) is 18.0. The molecule has 0 saturated carbocycles. The van der Waals surface area contributed by atoms with Crippen LogP contribution in [-0.4, -0.2) is 39.4 Å². The molecule has 2 N–H and O–H groups in total. The summed E-state index contributed by atoms with van der Waals surface area (Å²) in [6, 6.07) is 16.8. The van der Waals surface area contributed by atoms with Crippen LogP contribution in [-0.2, 0) is 4.79 Å². The summed E-state index contributed by atoms with van der Waals surface area (Å²) in [5, 5.41) is 5.53. The first-order valence-electron chi connectivity index (χ1n) is 10.0. The van der Waals surface area contributed by atoms with Crippen molar-refractivity contribution in [3.05, 3.63) is 66.2 Å². The molecule has 33 heavy (non-hydrogen) atoms. The summed E-state index contributed by atoms with van der Waals surface area (Å²) in [5.74, 6) is 1.88. The number of rotatable bonds is 8. The van der Waals surface area contributed by atoms with Crippen molar-refractivity contribution in [3.63, 3.8) is 0 Å². The van der Waals surface area contributed by atoms with Gasteiger partial charge in [-0.2, -0.15) is 0 Å². The van der Waals surface area contributed by atoms with E-state index >= 15 is 0 Å². The van der Waals surface area contributed by atoms with Gasteiger partial charge in [-0.15, -0.1) is 0 Å². The summed E-state index contributed by atoms with van der Waals surface area (Å²) < 4.78 is 26.6. The fourth-order valence-electron chi connectivity index (χ4n) is 3.12. The number of hydrogen-bond acceptors (Lipinski definition) is 7. The molecule has 0 aromatic heterocycles. The molecule has 4 rings (SSSR count). The second-order valence-corrected chi connectivity index (χ2v) is 6.95. The van der Waals surface area contributed by atoms with Gasteiger partial charge in [0.15, 0.2) is 29.6 Å². The lowest BCUT2D eigenvalue weighted by Gasteiger charge is -2.13. The molecule has 0 fully saturated rings. The zero-order chi connectivity index (χ0) is 23.2. The molecule has 3 aromatic rings. The Balaban J connectivity index is 1.36. The van der Waals surface area contributed by atoms with E-state index < -0.39 is 0 Å². The van der Waals surface area contributed by atoms with E-state index in [2.05, 4.69) is 10.6 Å². The van der Waals surface area contributed by atoms with Crippen LogP contribution in [0.2, 0.25) is 0 Å². The van der Waals surface area contributed by atoms with Gasteiger partial charge < -0.3 is 34.3 Å². The van der Waals surface area contributed by atoms with Crippen LogP contribution in [0.3, 0.4) is 0 Å². The molecule has 0 atom stereocenters. The summed E-state index contributed by atoms with van der Waals surface area (Å²) in [4.78, 5) is 24.9. The molecule has 9 heteroatoms. The maximum absolute atomic E-state index is 12.7. The quantitative estimate of drug-likeness (QED) is 0.539.